The molecule has 3 heteroatoms. The summed E-state index contributed by atoms with van der Waals surface area (Å²) >= 11 is 0. The number of piperazine rings is 1. The molecular formula is C14H21N3. The van der Waals surface area contributed by atoms with Gasteiger partial charge in [0.15, 0.2) is 0 Å². The normalized spacial score (nSPS) is 22.2. The Bertz CT molecular complexity index is 392. The molecule has 3 rings (SSSR count). The number of nitrogens with one attached hydrogen (secondary N) is 1. The fourth-order valence-electron chi connectivity index (χ4n) is 2.59. The number of anilines is 1. The fourth-order valence-corrected chi connectivity index (χ4v) is 2.59. The molecule has 3 nitrogen and oxygen atoms in total. The molecule has 1 spiro atoms. The zero-order valence-corrected chi connectivity index (χ0v) is 10.7. The molecule has 2 aliphatic rings. The van der Waals surface area contributed by atoms with Crippen LogP contribution in [0.3, 0.4) is 0 Å². The van der Waals surface area contributed by atoms with Crippen molar-refractivity contribution < 1.29 is 0 Å². The molecule has 1 saturated heterocycles. The number of rotatable bonds is 2. The van der Waals surface area contributed by atoms with Crippen molar-refractivity contribution in [3.63, 3.8) is 0 Å². The molecule has 1 saturated carbocycles. The average Bonchev–Trinajstić information content (AvgIpc) is 3.08. The highest BCUT2D eigenvalue weighted by atomic mass is 15.2. The Balaban J connectivity index is 1.75. The zero-order valence-electron chi connectivity index (χ0n) is 10.7. The largest absolute Gasteiger partial charge is 0.367 e. The van der Waals surface area contributed by atoms with Gasteiger partial charge in [-0.25, -0.2) is 0 Å². The van der Waals surface area contributed by atoms with Gasteiger partial charge >= 0.3 is 0 Å². The maximum absolute atomic E-state index is 4.56. The van der Waals surface area contributed by atoms with Crippen molar-refractivity contribution >= 4 is 5.69 Å². The van der Waals surface area contributed by atoms with Gasteiger partial charge in [-0.3, -0.25) is 4.98 Å². The van der Waals surface area contributed by atoms with E-state index in [1.54, 1.807) is 0 Å². The highest BCUT2D eigenvalue weighted by Crippen LogP contribution is 2.38. The van der Waals surface area contributed by atoms with Crippen LogP contribution in [0.5, 0.6) is 0 Å². The summed E-state index contributed by atoms with van der Waals surface area (Å²) in [5.41, 5.74) is 2.90. The summed E-state index contributed by atoms with van der Waals surface area (Å²) in [6, 6.07) is 4.39. The Morgan fingerprint density at radius 1 is 1.35 bits per heavy atom. The second-order valence-corrected chi connectivity index (χ2v) is 5.72. The van der Waals surface area contributed by atoms with Gasteiger partial charge in [0.1, 0.15) is 0 Å². The summed E-state index contributed by atoms with van der Waals surface area (Å²) in [6.07, 6.45) is 4.71. The summed E-state index contributed by atoms with van der Waals surface area (Å²) in [5.74, 6) is 0.516. The van der Waals surface area contributed by atoms with E-state index in [0.717, 1.165) is 19.6 Å². The van der Waals surface area contributed by atoms with E-state index in [9.17, 15) is 0 Å². The van der Waals surface area contributed by atoms with Gasteiger partial charge < -0.3 is 10.2 Å². The molecular weight excluding hydrogens is 210 g/mol. The Kier molecular flexibility index (Phi) is 2.58. The first kappa shape index (κ1) is 11.0. The number of hydrogen-bond donors (Lipinski definition) is 1. The summed E-state index contributed by atoms with van der Waals surface area (Å²) in [4.78, 5) is 7.03. The van der Waals surface area contributed by atoms with Crippen molar-refractivity contribution in [2.45, 2.75) is 38.1 Å². The van der Waals surface area contributed by atoms with Crippen LogP contribution in [0.4, 0.5) is 5.69 Å². The van der Waals surface area contributed by atoms with Crippen LogP contribution in [0.2, 0.25) is 0 Å². The van der Waals surface area contributed by atoms with E-state index in [-0.39, 0.29) is 0 Å². The molecule has 1 aliphatic heterocycles. The van der Waals surface area contributed by atoms with E-state index >= 15 is 0 Å². The predicted molar refractivity (Wildman–Crippen MR) is 70.5 cm³/mol. The SMILES string of the molecule is CC(C)c1ccc(N2CCNC3(CC3)C2)cn1. The van der Waals surface area contributed by atoms with Crippen molar-refractivity contribution in [2.24, 2.45) is 0 Å². The second-order valence-electron chi connectivity index (χ2n) is 5.72. The average molecular weight is 231 g/mol. The van der Waals surface area contributed by atoms with E-state index in [4.69, 9.17) is 0 Å². The summed E-state index contributed by atoms with van der Waals surface area (Å²) in [7, 11) is 0. The first-order valence-electron chi connectivity index (χ1n) is 6.64. The lowest BCUT2D eigenvalue weighted by Crippen LogP contribution is -2.52. The van der Waals surface area contributed by atoms with Crippen LogP contribution >= 0.6 is 0 Å². The van der Waals surface area contributed by atoms with Crippen LogP contribution in [0, 0.1) is 0 Å². The lowest BCUT2D eigenvalue weighted by Gasteiger charge is -2.35. The van der Waals surface area contributed by atoms with E-state index in [1.807, 2.05) is 6.20 Å². The summed E-state index contributed by atoms with van der Waals surface area (Å²) in [5, 5.41) is 3.64. The van der Waals surface area contributed by atoms with Gasteiger partial charge in [-0.2, -0.15) is 0 Å². The van der Waals surface area contributed by atoms with Crippen LogP contribution in [0.1, 0.15) is 38.3 Å². The first-order chi connectivity index (χ1) is 8.19. The van der Waals surface area contributed by atoms with E-state index < -0.39 is 0 Å². The fraction of sp³-hybridized carbons (Fsp3) is 0.643. The molecule has 0 atom stereocenters. The minimum absolute atomic E-state index is 0.439. The number of aromatic nitrogens is 1. The van der Waals surface area contributed by atoms with Crippen LogP contribution in [0.25, 0.3) is 0 Å². The standard InChI is InChI=1S/C14H21N3/c1-11(2)13-4-3-12(9-15-13)17-8-7-16-14(10-17)5-6-14/h3-4,9,11,16H,5-8,10H2,1-2H3. The van der Waals surface area contributed by atoms with Crippen LogP contribution in [-0.4, -0.2) is 30.2 Å². The Hall–Kier alpha value is -1.09. The maximum Gasteiger partial charge on any atom is 0.0554 e. The molecule has 1 aliphatic carbocycles. The highest BCUT2D eigenvalue weighted by Gasteiger charge is 2.45. The molecule has 0 aromatic carbocycles. The molecule has 1 aromatic heterocycles. The molecule has 2 heterocycles. The van der Waals surface area contributed by atoms with Crippen LogP contribution in [0.15, 0.2) is 18.3 Å². The molecule has 0 amide bonds. The van der Waals surface area contributed by atoms with Crippen molar-refractivity contribution in [1.82, 2.24) is 10.3 Å². The first-order valence-corrected chi connectivity index (χ1v) is 6.64. The van der Waals surface area contributed by atoms with Crippen molar-refractivity contribution in [2.75, 3.05) is 24.5 Å². The van der Waals surface area contributed by atoms with Crippen molar-refractivity contribution in [3.8, 4) is 0 Å². The number of hydrogen-bond acceptors (Lipinski definition) is 3. The molecule has 0 bridgehead atoms. The third-order valence-electron chi connectivity index (χ3n) is 3.96. The smallest absolute Gasteiger partial charge is 0.0554 e. The van der Waals surface area contributed by atoms with E-state index in [2.05, 4.69) is 41.2 Å². The van der Waals surface area contributed by atoms with Crippen molar-refractivity contribution in [3.05, 3.63) is 24.0 Å². The molecule has 1 N–H and O–H groups in total. The Morgan fingerprint density at radius 2 is 2.18 bits per heavy atom. The van der Waals surface area contributed by atoms with Gasteiger partial charge in [-0.1, -0.05) is 13.8 Å². The van der Waals surface area contributed by atoms with Gasteiger partial charge in [-0.05, 0) is 30.9 Å². The molecule has 92 valence electrons. The summed E-state index contributed by atoms with van der Waals surface area (Å²) < 4.78 is 0. The van der Waals surface area contributed by atoms with E-state index in [1.165, 1.54) is 24.2 Å². The van der Waals surface area contributed by atoms with Gasteiger partial charge in [0.05, 0.1) is 11.9 Å². The molecule has 1 aromatic rings. The third-order valence-corrected chi connectivity index (χ3v) is 3.96. The van der Waals surface area contributed by atoms with Gasteiger partial charge in [0.25, 0.3) is 0 Å². The van der Waals surface area contributed by atoms with E-state index in [0.29, 0.717) is 11.5 Å². The van der Waals surface area contributed by atoms with Gasteiger partial charge in [-0.15, -0.1) is 0 Å². The minimum Gasteiger partial charge on any atom is -0.367 e. The molecule has 0 unspecified atom stereocenters. The maximum atomic E-state index is 4.56. The Morgan fingerprint density at radius 3 is 2.76 bits per heavy atom. The third kappa shape index (κ3) is 2.16. The van der Waals surface area contributed by atoms with Gasteiger partial charge in [0.2, 0.25) is 0 Å². The molecule has 0 radical (unpaired) electrons. The quantitative estimate of drug-likeness (QED) is 0.845. The second kappa shape index (κ2) is 3.98. The summed E-state index contributed by atoms with van der Waals surface area (Å²) in [6.45, 7) is 7.73. The Labute approximate surface area is 103 Å². The lowest BCUT2D eigenvalue weighted by atomic mass is 10.1. The number of nitrogens with zero attached hydrogens (tertiary/aromatic N) is 2. The minimum atomic E-state index is 0.439. The molecule has 2 fully saturated rings. The zero-order chi connectivity index (χ0) is 11.9. The van der Waals surface area contributed by atoms with Crippen molar-refractivity contribution in [1.29, 1.82) is 0 Å². The highest BCUT2D eigenvalue weighted by molar-refractivity contribution is 5.46. The topological polar surface area (TPSA) is 28.2 Å². The number of pyridine rings is 1. The van der Waals surface area contributed by atoms with Gasteiger partial charge in [0, 0.05) is 30.9 Å². The van der Waals surface area contributed by atoms with Crippen LogP contribution in [-0.2, 0) is 0 Å². The van der Waals surface area contributed by atoms with Crippen LogP contribution < -0.4 is 10.2 Å². The lowest BCUT2D eigenvalue weighted by molar-refractivity contribution is 0.442. The molecule has 17 heavy (non-hydrogen) atoms. The monoisotopic (exact) mass is 231 g/mol. The predicted octanol–water partition coefficient (Wildman–Crippen LogP) is 2.15.